The van der Waals surface area contributed by atoms with Crippen molar-refractivity contribution >= 4 is 33.3 Å². The lowest BCUT2D eigenvalue weighted by atomic mass is 10.2. The average Bonchev–Trinajstić information content (AvgIpc) is 3.01. The molecule has 0 fully saturated rings. The molecule has 0 saturated heterocycles. The number of thiophene rings is 1. The molecule has 0 saturated carbocycles. The second-order valence-electron chi connectivity index (χ2n) is 4.25. The van der Waals surface area contributed by atoms with E-state index in [1.165, 1.54) is 23.5 Å². The van der Waals surface area contributed by atoms with Crippen LogP contribution >= 0.6 is 11.3 Å². The van der Waals surface area contributed by atoms with E-state index in [0.29, 0.717) is 4.88 Å². The molecule has 1 aromatic carbocycles. The maximum Gasteiger partial charge on any atom is 0.362 e. The van der Waals surface area contributed by atoms with Crippen molar-refractivity contribution in [2.24, 2.45) is 0 Å². The van der Waals surface area contributed by atoms with Gasteiger partial charge in [-0.15, -0.1) is 11.3 Å². The Morgan fingerprint density at radius 3 is 3.05 bits per heavy atom. The number of oxazole rings is 1. The van der Waals surface area contributed by atoms with Crippen LogP contribution in [0.4, 0.5) is 10.3 Å². The minimum absolute atomic E-state index is 0.0458. The number of carbonyl (C=O) groups is 1. The molecule has 0 spiro atoms. The molecule has 0 aliphatic rings. The standard InChI is InChI=1S/C14H11FN2O3S/c1-2-19-14(18)11-12(16)20-13(17-11)10-5-7-3-4-8(15)6-9(7)21-10/h3-6H,2,16H2,1H3. The molecule has 0 unspecified atom stereocenters. The largest absolute Gasteiger partial charge is 0.461 e. The van der Waals surface area contributed by atoms with Crippen LogP contribution in [-0.2, 0) is 4.74 Å². The first-order valence-electron chi connectivity index (χ1n) is 6.21. The van der Waals surface area contributed by atoms with Gasteiger partial charge in [-0.05, 0) is 30.5 Å². The molecule has 0 aliphatic heterocycles. The number of anilines is 1. The Morgan fingerprint density at radius 2 is 2.29 bits per heavy atom. The van der Waals surface area contributed by atoms with Gasteiger partial charge < -0.3 is 14.9 Å². The normalized spacial score (nSPS) is 11.0. The zero-order valence-electron chi connectivity index (χ0n) is 11.1. The van der Waals surface area contributed by atoms with Crippen LogP contribution in [0.3, 0.4) is 0 Å². The number of nitrogen functional groups attached to an aromatic ring is 1. The van der Waals surface area contributed by atoms with E-state index in [4.69, 9.17) is 14.9 Å². The lowest BCUT2D eigenvalue weighted by Crippen LogP contribution is -2.07. The van der Waals surface area contributed by atoms with Gasteiger partial charge in [0.15, 0.2) is 0 Å². The predicted octanol–water partition coefficient (Wildman–Crippen LogP) is 3.45. The number of hydrogen-bond donors (Lipinski definition) is 1. The van der Waals surface area contributed by atoms with Gasteiger partial charge >= 0.3 is 5.97 Å². The third-order valence-electron chi connectivity index (χ3n) is 2.82. The highest BCUT2D eigenvalue weighted by molar-refractivity contribution is 7.22. The fourth-order valence-electron chi connectivity index (χ4n) is 1.89. The van der Waals surface area contributed by atoms with E-state index in [-0.39, 0.29) is 29.9 Å². The summed E-state index contributed by atoms with van der Waals surface area (Å²) in [6, 6.07) is 6.29. The third kappa shape index (κ3) is 2.47. The van der Waals surface area contributed by atoms with Gasteiger partial charge in [0.2, 0.25) is 17.5 Å². The molecule has 3 aromatic rings. The summed E-state index contributed by atoms with van der Waals surface area (Å²) in [6.45, 7) is 1.91. The Balaban J connectivity index is 2.02. The summed E-state index contributed by atoms with van der Waals surface area (Å²) in [7, 11) is 0. The molecule has 7 heteroatoms. The molecule has 5 nitrogen and oxygen atoms in total. The predicted molar refractivity (Wildman–Crippen MR) is 77.6 cm³/mol. The van der Waals surface area contributed by atoms with Crippen LogP contribution in [0.1, 0.15) is 17.4 Å². The van der Waals surface area contributed by atoms with E-state index in [1.807, 2.05) is 0 Å². The van der Waals surface area contributed by atoms with Crippen LogP contribution in [0.5, 0.6) is 0 Å². The van der Waals surface area contributed by atoms with Crippen LogP contribution in [0.2, 0.25) is 0 Å². The molecule has 0 amide bonds. The molecule has 2 N–H and O–H groups in total. The number of ether oxygens (including phenoxy) is 1. The second kappa shape index (κ2) is 5.17. The average molecular weight is 306 g/mol. The van der Waals surface area contributed by atoms with Crippen molar-refractivity contribution in [3.8, 4) is 10.8 Å². The highest BCUT2D eigenvalue weighted by Gasteiger charge is 2.21. The highest BCUT2D eigenvalue weighted by atomic mass is 32.1. The first-order valence-corrected chi connectivity index (χ1v) is 7.03. The summed E-state index contributed by atoms with van der Waals surface area (Å²) in [5.74, 6) is -0.809. The van der Waals surface area contributed by atoms with Crippen molar-refractivity contribution in [3.05, 3.63) is 35.8 Å². The molecule has 0 atom stereocenters. The zero-order valence-corrected chi connectivity index (χ0v) is 11.9. The fourth-order valence-corrected chi connectivity index (χ4v) is 2.91. The topological polar surface area (TPSA) is 78.3 Å². The molecule has 0 radical (unpaired) electrons. The van der Waals surface area contributed by atoms with Crippen molar-refractivity contribution in [2.45, 2.75) is 6.92 Å². The highest BCUT2D eigenvalue weighted by Crippen LogP contribution is 2.34. The Morgan fingerprint density at radius 1 is 1.48 bits per heavy atom. The number of halogens is 1. The number of hydrogen-bond acceptors (Lipinski definition) is 6. The fraction of sp³-hybridized carbons (Fsp3) is 0.143. The van der Waals surface area contributed by atoms with E-state index in [2.05, 4.69) is 4.98 Å². The number of carbonyl (C=O) groups excluding carboxylic acids is 1. The van der Waals surface area contributed by atoms with Gasteiger partial charge in [0.25, 0.3) is 0 Å². The van der Waals surface area contributed by atoms with Crippen molar-refractivity contribution in [1.82, 2.24) is 4.98 Å². The van der Waals surface area contributed by atoms with Crippen molar-refractivity contribution in [2.75, 3.05) is 12.3 Å². The molecule has 0 bridgehead atoms. The smallest absolute Gasteiger partial charge is 0.362 e. The summed E-state index contributed by atoms with van der Waals surface area (Å²) in [4.78, 5) is 16.4. The molecular weight excluding hydrogens is 295 g/mol. The van der Waals surface area contributed by atoms with Crippen LogP contribution < -0.4 is 5.73 Å². The van der Waals surface area contributed by atoms with Gasteiger partial charge in [0, 0.05) is 4.70 Å². The minimum Gasteiger partial charge on any atom is -0.461 e. The second-order valence-corrected chi connectivity index (χ2v) is 5.33. The third-order valence-corrected chi connectivity index (χ3v) is 3.90. The van der Waals surface area contributed by atoms with E-state index in [1.54, 1.807) is 19.1 Å². The van der Waals surface area contributed by atoms with E-state index in [0.717, 1.165) is 10.1 Å². The van der Waals surface area contributed by atoms with Crippen molar-refractivity contribution < 1.29 is 18.3 Å². The van der Waals surface area contributed by atoms with Crippen LogP contribution in [0.15, 0.2) is 28.7 Å². The lowest BCUT2D eigenvalue weighted by molar-refractivity contribution is 0.0521. The van der Waals surface area contributed by atoms with E-state index < -0.39 is 5.97 Å². The minimum atomic E-state index is -0.628. The SMILES string of the molecule is CCOC(=O)c1nc(-c2cc3ccc(F)cc3s2)oc1N. The molecule has 21 heavy (non-hydrogen) atoms. The van der Waals surface area contributed by atoms with Crippen LogP contribution in [0, 0.1) is 5.82 Å². The monoisotopic (exact) mass is 306 g/mol. The quantitative estimate of drug-likeness (QED) is 0.750. The van der Waals surface area contributed by atoms with Gasteiger partial charge in [-0.3, -0.25) is 0 Å². The maximum atomic E-state index is 13.2. The van der Waals surface area contributed by atoms with Gasteiger partial charge in [0.05, 0.1) is 11.5 Å². The van der Waals surface area contributed by atoms with Gasteiger partial charge in [-0.2, -0.15) is 4.98 Å². The van der Waals surface area contributed by atoms with Crippen molar-refractivity contribution in [1.29, 1.82) is 0 Å². The molecule has 3 rings (SSSR count). The summed E-state index contributed by atoms with van der Waals surface area (Å²) < 4.78 is 24.1. The number of esters is 1. The number of nitrogens with zero attached hydrogens (tertiary/aromatic N) is 1. The molecule has 2 aromatic heterocycles. The number of benzene rings is 1. The number of aromatic nitrogens is 1. The van der Waals surface area contributed by atoms with Crippen molar-refractivity contribution in [3.63, 3.8) is 0 Å². The Hall–Kier alpha value is -2.41. The van der Waals surface area contributed by atoms with Gasteiger partial charge in [-0.1, -0.05) is 6.07 Å². The molecule has 2 heterocycles. The van der Waals surface area contributed by atoms with Gasteiger partial charge in [0.1, 0.15) is 5.82 Å². The summed E-state index contributed by atoms with van der Waals surface area (Å²) in [6.07, 6.45) is 0. The number of fused-ring (bicyclic) bond motifs is 1. The Bertz CT molecular complexity index is 825. The van der Waals surface area contributed by atoms with Crippen LogP contribution in [0.25, 0.3) is 20.9 Å². The van der Waals surface area contributed by atoms with E-state index >= 15 is 0 Å². The summed E-state index contributed by atoms with van der Waals surface area (Å²) >= 11 is 1.31. The Labute approximate surface area is 123 Å². The molecular formula is C14H11FN2O3S. The first kappa shape index (κ1) is 13.6. The lowest BCUT2D eigenvalue weighted by Gasteiger charge is -1.96. The molecule has 108 valence electrons. The number of rotatable bonds is 3. The zero-order chi connectivity index (χ0) is 15.0. The summed E-state index contributed by atoms with van der Waals surface area (Å²) in [5.41, 5.74) is 5.60. The number of nitrogens with two attached hydrogens (primary N) is 1. The Kier molecular flexibility index (Phi) is 3.34. The summed E-state index contributed by atoms with van der Waals surface area (Å²) in [5, 5.41) is 0.867. The maximum absolute atomic E-state index is 13.2. The van der Waals surface area contributed by atoms with Gasteiger partial charge in [-0.25, -0.2) is 9.18 Å². The molecule has 0 aliphatic carbocycles. The first-order chi connectivity index (χ1) is 10.1. The van der Waals surface area contributed by atoms with E-state index in [9.17, 15) is 9.18 Å². The van der Waals surface area contributed by atoms with Crippen LogP contribution in [-0.4, -0.2) is 17.6 Å².